The fourth-order valence-electron chi connectivity index (χ4n) is 3.04. The smallest absolute Gasteiger partial charge is 0.306 e. The van der Waals surface area contributed by atoms with Gasteiger partial charge in [-0.2, -0.15) is 0 Å². The first kappa shape index (κ1) is 22.3. The van der Waals surface area contributed by atoms with Gasteiger partial charge in [-0.3, -0.25) is 14.4 Å². The van der Waals surface area contributed by atoms with Crippen LogP contribution in [0.5, 0.6) is 11.5 Å². The molecule has 7 heteroatoms. The van der Waals surface area contributed by atoms with E-state index in [-0.39, 0.29) is 37.4 Å². The quantitative estimate of drug-likeness (QED) is 0.514. The number of ether oxygens (including phenoxy) is 3. The summed E-state index contributed by atoms with van der Waals surface area (Å²) in [6.45, 7) is 6.38. The van der Waals surface area contributed by atoms with E-state index in [0.717, 1.165) is 11.1 Å². The van der Waals surface area contributed by atoms with E-state index in [4.69, 9.17) is 14.2 Å². The molecule has 1 heterocycles. The highest BCUT2D eigenvalue weighted by Crippen LogP contribution is 2.32. The van der Waals surface area contributed by atoms with Gasteiger partial charge in [0.1, 0.15) is 0 Å². The number of rotatable bonds is 8. The predicted octanol–water partition coefficient (Wildman–Crippen LogP) is 3.54. The van der Waals surface area contributed by atoms with E-state index in [1.807, 2.05) is 18.2 Å². The lowest BCUT2D eigenvalue weighted by Gasteiger charge is -2.18. The average molecular weight is 425 g/mol. The molecule has 0 atom stereocenters. The molecule has 0 aromatic heterocycles. The van der Waals surface area contributed by atoms with E-state index in [1.54, 1.807) is 24.3 Å². The molecule has 2 aromatic carbocycles. The Morgan fingerprint density at radius 1 is 0.968 bits per heavy atom. The van der Waals surface area contributed by atoms with Gasteiger partial charge in [0.15, 0.2) is 23.9 Å². The Kier molecular flexibility index (Phi) is 6.95. The highest BCUT2D eigenvalue weighted by molar-refractivity contribution is 5.97. The minimum Gasteiger partial charge on any atom is -0.456 e. The Labute approximate surface area is 181 Å². The largest absolute Gasteiger partial charge is 0.456 e. The lowest BCUT2D eigenvalue weighted by molar-refractivity contribution is -0.148. The van der Waals surface area contributed by atoms with E-state index in [9.17, 15) is 14.4 Å². The average Bonchev–Trinajstić information content (AvgIpc) is 3.22. The zero-order valence-corrected chi connectivity index (χ0v) is 18.0. The molecule has 0 aliphatic carbocycles. The molecule has 3 rings (SSSR count). The molecule has 0 bridgehead atoms. The van der Waals surface area contributed by atoms with Crippen molar-refractivity contribution in [3.63, 3.8) is 0 Å². The number of carbonyl (C=O) groups excluding carboxylic acids is 3. The highest BCUT2D eigenvalue weighted by atomic mass is 16.7. The van der Waals surface area contributed by atoms with Gasteiger partial charge in [0.05, 0.1) is 6.42 Å². The van der Waals surface area contributed by atoms with E-state index >= 15 is 0 Å². The first-order valence-electron chi connectivity index (χ1n) is 10.2. The van der Waals surface area contributed by atoms with Gasteiger partial charge < -0.3 is 19.5 Å². The number of esters is 1. The minimum atomic E-state index is -0.585. The first-order valence-corrected chi connectivity index (χ1v) is 10.2. The topological polar surface area (TPSA) is 90.9 Å². The molecule has 0 spiro atoms. The van der Waals surface area contributed by atoms with Crippen LogP contribution in [0.1, 0.15) is 55.1 Å². The summed E-state index contributed by atoms with van der Waals surface area (Å²) in [7, 11) is 0. The van der Waals surface area contributed by atoms with Crippen molar-refractivity contribution < 1.29 is 28.6 Å². The van der Waals surface area contributed by atoms with Crippen LogP contribution in [-0.4, -0.2) is 31.1 Å². The van der Waals surface area contributed by atoms with Crippen molar-refractivity contribution in [1.29, 1.82) is 0 Å². The maximum atomic E-state index is 12.3. The maximum Gasteiger partial charge on any atom is 0.306 e. The molecule has 0 saturated heterocycles. The van der Waals surface area contributed by atoms with Crippen LogP contribution >= 0.6 is 0 Å². The monoisotopic (exact) mass is 425 g/mol. The summed E-state index contributed by atoms with van der Waals surface area (Å²) in [6, 6.07) is 12.8. The van der Waals surface area contributed by atoms with Crippen LogP contribution in [0.4, 0.5) is 0 Å². The van der Waals surface area contributed by atoms with Gasteiger partial charge in [-0.25, -0.2) is 0 Å². The number of amides is 1. The van der Waals surface area contributed by atoms with Crippen LogP contribution in [0, 0.1) is 0 Å². The molecule has 0 saturated carbocycles. The van der Waals surface area contributed by atoms with Crippen LogP contribution in [0.2, 0.25) is 0 Å². The van der Waals surface area contributed by atoms with E-state index in [0.29, 0.717) is 17.1 Å². The van der Waals surface area contributed by atoms with Crippen molar-refractivity contribution in [3.8, 4) is 11.5 Å². The molecule has 0 unspecified atom stereocenters. The molecule has 2 aromatic rings. The van der Waals surface area contributed by atoms with Crippen molar-refractivity contribution in [2.24, 2.45) is 0 Å². The Hall–Kier alpha value is -3.35. The molecule has 1 amide bonds. The van der Waals surface area contributed by atoms with Gasteiger partial charge in [0.2, 0.25) is 6.79 Å². The lowest BCUT2D eigenvalue weighted by atomic mass is 9.86. The minimum absolute atomic E-state index is 0.00862. The van der Waals surface area contributed by atoms with Crippen molar-refractivity contribution in [2.75, 3.05) is 13.4 Å². The van der Waals surface area contributed by atoms with Crippen molar-refractivity contribution in [1.82, 2.24) is 5.32 Å². The lowest BCUT2D eigenvalue weighted by Crippen LogP contribution is -2.28. The standard InChI is InChI=1S/C24H27NO6/c1-24(2,3)18-7-5-17(6-8-18)19(26)9-11-23(28)29-14-22(27)25-13-16-4-10-20-21(12-16)31-15-30-20/h4-8,10,12H,9,11,13-15H2,1-3H3,(H,25,27). The van der Waals surface area contributed by atoms with Crippen molar-refractivity contribution in [2.45, 2.75) is 45.6 Å². The van der Waals surface area contributed by atoms with E-state index in [2.05, 4.69) is 26.1 Å². The summed E-state index contributed by atoms with van der Waals surface area (Å²) in [6.07, 6.45) is -0.0399. The fourth-order valence-corrected chi connectivity index (χ4v) is 3.04. The summed E-state index contributed by atoms with van der Waals surface area (Å²) in [4.78, 5) is 36.1. The van der Waals surface area contributed by atoms with Gasteiger partial charge in [-0.1, -0.05) is 51.1 Å². The second-order valence-electron chi connectivity index (χ2n) is 8.38. The number of hydrogen-bond donors (Lipinski definition) is 1. The molecule has 1 aliphatic heterocycles. The maximum absolute atomic E-state index is 12.3. The number of Topliss-reactive ketones (excluding diaryl/α,β-unsaturated/α-hetero) is 1. The number of nitrogens with one attached hydrogen (secondary N) is 1. The van der Waals surface area contributed by atoms with Gasteiger partial charge in [-0.15, -0.1) is 0 Å². The number of benzene rings is 2. The van der Waals surface area contributed by atoms with Crippen molar-refractivity contribution >= 4 is 17.7 Å². The Balaban J connectivity index is 1.36. The van der Waals surface area contributed by atoms with Crippen LogP contribution in [0.15, 0.2) is 42.5 Å². The summed E-state index contributed by atoms with van der Waals surface area (Å²) in [5.74, 6) is 0.164. The molecular weight excluding hydrogens is 398 g/mol. The van der Waals surface area contributed by atoms with Crippen LogP contribution < -0.4 is 14.8 Å². The molecule has 31 heavy (non-hydrogen) atoms. The second kappa shape index (κ2) is 9.64. The molecular formula is C24H27NO6. The number of ketones is 1. The number of carbonyl (C=O) groups is 3. The summed E-state index contributed by atoms with van der Waals surface area (Å²) >= 11 is 0. The highest BCUT2D eigenvalue weighted by Gasteiger charge is 2.16. The third-order valence-corrected chi connectivity index (χ3v) is 4.92. The Bertz CT molecular complexity index is 959. The van der Waals surface area contributed by atoms with Gasteiger partial charge in [-0.05, 0) is 28.7 Å². The van der Waals surface area contributed by atoms with E-state index < -0.39 is 18.5 Å². The predicted molar refractivity (Wildman–Crippen MR) is 114 cm³/mol. The normalized spacial score (nSPS) is 12.4. The third-order valence-electron chi connectivity index (χ3n) is 4.92. The summed E-state index contributed by atoms with van der Waals surface area (Å²) in [5, 5.41) is 2.67. The van der Waals surface area contributed by atoms with Gasteiger partial charge >= 0.3 is 5.97 Å². The molecule has 1 N–H and O–H groups in total. The molecule has 7 nitrogen and oxygen atoms in total. The second-order valence-corrected chi connectivity index (χ2v) is 8.38. The zero-order valence-electron chi connectivity index (χ0n) is 18.0. The molecule has 0 radical (unpaired) electrons. The molecule has 0 fully saturated rings. The van der Waals surface area contributed by atoms with Crippen LogP contribution in [0.25, 0.3) is 0 Å². The summed E-state index contributed by atoms with van der Waals surface area (Å²) in [5.41, 5.74) is 2.54. The Morgan fingerprint density at radius 2 is 1.68 bits per heavy atom. The zero-order chi connectivity index (χ0) is 22.4. The van der Waals surface area contributed by atoms with Crippen molar-refractivity contribution in [3.05, 3.63) is 59.2 Å². The van der Waals surface area contributed by atoms with Crippen LogP contribution in [0.3, 0.4) is 0 Å². The van der Waals surface area contributed by atoms with Gasteiger partial charge in [0.25, 0.3) is 5.91 Å². The van der Waals surface area contributed by atoms with Gasteiger partial charge in [0, 0.05) is 18.5 Å². The Morgan fingerprint density at radius 3 is 2.39 bits per heavy atom. The van der Waals surface area contributed by atoms with Crippen LogP contribution in [-0.2, 0) is 26.3 Å². The number of hydrogen-bond acceptors (Lipinski definition) is 6. The fraction of sp³-hybridized carbons (Fsp3) is 0.375. The van der Waals surface area contributed by atoms with E-state index in [1.165, 1.54) is 0 Å². The molecule has 164 valence electrons. The SMILES string of the molecule is CC(C)(C)c1ccc(C(=O)CCC(=O)OCC(=O)NCc2ccc3c(c2)OCO3)cc1. The molecule has 1 aliphatic rings. The third kappa shape index (κ3) is 6.31. The first-order chi connectivity index (χ1) is 14.7. The number of fused-ring (bicyclic) bond motifs is 1. The summed E-state index contributed by atoms with van der Waals surface area (Å²) < 4.78 is 15.5.